The Hall–Kier alpha value is -2.24. The molecule has 2 aromatic carbocycles. The van der Waals surface area contributed by atoms with Gasteiger partial charge < -0.3 is 15.0 Å². The smallest absolute Gasteiger partial charge is 0.260 e. The van der Waals surface area contributed by atoms with Gasteiger partial charge in [0.2, 0.25) is 0 Å². The molecule has 1 N–H and O–H groups in total. The molecule has 5 nitrogen and oxygen atoms in total. The zero-order valence-corrected chi connectivity index (χ0v) is 16.4. The van der Waals surface area contributed by atoms with Gasteiger partial charge in [-0.25, -0.2) is 0 Å². The molecule has 1 saturated heterocycles. The molecular weight excluding hydrogens is 362 g/mol. The highest BCUT2D eigenvalue weighted by Gasteiger charge is 2.18. The van der Waals surface area contributed by atoms with Crippen molar-refractivity contribution in [2.24, 2.45) is 0 Å². The molecule has 144 valence electrons. The van der Waals surface area contributed by atoms with Crippen LogP contribution >= 0.6 is 11.6 Å². The quantitative estimate of drug-likeness (QED) is 0.793. The van der Waals surface area contributed by atoms with Crippen LogP contribution in [0.1, 0.15) is 6.92 Å². The molecule has 1 heterocycles. The van der Waals surface area contributed by atoms with Crippen LogP contribution < -0.4 is 15.0 Å². The average Bonchev–Trinajstić information content (AvgIpc) is 2.69. The van der Waals surface area contributed by atoms with E-state index in [1.165, 1.54) is 5.69 Å². The maximum absolute atomic E-state index is 12.2. The lowest BCUT2D eigenvalue weighted by Crippen LogP contribution is -2.49. The van der Waals surface area contributed by atoms with Crippen molar-refractivity contribution in [3.63, 3.8) is 0 Å². The first-order valence-corrected chi connectivity index (χ1v) is 9.72. The molecule has 27 heavy (non-hydrogen) atoms. The fourth-order valence-corrected chi connectivity index (χ4v) is 3.33. The Kier molecular flexibility index (Phi) is 6.96. The highest BCUT2D eigenvalue weighted by atomic mass is 35.5. The molecule has 6 heteroatoms. The van der Waals surface area contributed by atoms with Crippen LogP contribution in [0.15, 0.2) is 54.6 Å². The van der Waals surface area contributed by atoms with Gasteiger partial charge in [-0.1, -0.05) is 35.9 Å². The Morgan fingerprint density at radius 2 is 1.85 bits per heavy atom. The zero-order chi connectivity index (χ0) is 19.1. The monoisotopic (exact) mass is 387 g/mol. The summed E-state index contributed by atoms with van der Waals surface area (Å²) in [7, 11) is 0. The average molecular weight is 388 g/mol. The van der Waals surface area contributed by atoms with Crippen molar-refractivity contribution in [2.45, 2.75) is 13.0 Å². The van der Waals surface area contributed by atoms with E-state index >= 15 is 0 Å². The highest BCUT2D eigenvalue weighted by Crippen LogP contribution is 2.18. The van der Waals surface area contributed by atoms with E-state index in [1.54, 1.807) is 31.2 Å². The summed E-state index contributed by atoms with van der Waals surface area (Å²) >= 11 is 5.94. The fourth-order valence-electron chi connectivity index (χ4n) is 3.15. The van der Waals surface area contributed by atoms with E-state index in [1.807, 2.05) is 6.07 Å². The molecule has 0 aliphatic carbocycles. The van der Waals surface area contributed by atoms with Gasteiger partial charge in [-0.2, -0.15) is 0 Å². The molecule has 0 radical (unpaired) electrons. The van der Waals surface area contributed by atoms with Gasteiger partial charge in [-0.05, 0) is 37.3 Å². The van der Waals surface area contributed by atoms with Crippen molar-refractivity contribution >= 4 is 23.2 Å². The van der Waals surface area contributed by atoms with Gasteiger partial charge in [0.15, 0.2) is 6.10 Å². The molecule has 0 saturated carbocycles. The summed E-state index contributed by atoms with van der Waals surface area (Å²) in [5.41, 5.74) is 1.28. The summed E-state index contributed by atoms with van der Waals surface area (Å²) in [5.74, 6) is 0.486. The number of carbonyl (C=O) groups excluding carboxylic acids is 1. The second-order valence-corrected chi connectivity index (χ2v) is 7.11. The number of halogens is 1. The van der Waals surface area contributed by atoms with Crippen molar-refractivity contribution < 1.29 is 9.53 Å². The number of para-hydroxylation sites is 1. The SMILES string of the molecule is CC(Oc1cccc(Cl)c1)C(=O)NCCN1CCN(c2ccccc2)CC1. The third-order valence-electron chi connectivity index (χ3n) is 4.70. The molecule has 1 fully saturated rings. The second-order valence-electron chi connectivity index (χ2n) is 6.67. The molecule has 1 amide bonds. The maximum Gasteiger partial charge on any atom is 0.260 e. The Bertz CT molecular complexity index is 733. The molecule has 0 spiro atoms. The normalized spacial score (nSPS) is 16.0. The number of ether oxygens (including phenoxy) is 1. The van der Waals surface area contributed by atoms with Gasteiger partial charge >= 0.3 is 0 Å². The van der Waals surface area contributed by atoms with Gasteiger partial charge in [0.05, 0.1) is 0 Å². The number of benzene rings is 2. The summed E-state index contributed by atoms with van der Waals surface area (Å²) < 4.78 is 5.65. The van der Waals surface area contributed by atoms with E-state index in [4.69, 9.17) is 16.3 Å². The van der Waals surface area contributed by atoms with Crippen LogP contribution in [0.5, 0.6) is 5.75 Å². The first kappa shape index (κ1) is 19.5. The van der Waals surface area contributed by atoms with E-state index < -0.39 is 6.10 Å². The Balaban J connectivity index is 1.35. The highest BCUT2D eigenvalue weighted by molar-refractivity contribution is 6.30. The Labute approximate surface area is 165 Å². The largest absolute Gasteiger partial charge is 0.481 e. The lowest BCUT2D eigenvalue weighted by atomic mass is 10.2. The van der Waals surface area contributed by atoms with Crippen LogP contribution in [0.2, 0.25) is 5.02 Å². The molecule has 1 aliphatic rings. The third-order valence-corrected chi connectivity index (χ3v) is 4.93. The molecule has 2 aromatic rings. The molecule has 0 aromatic heterocycles. The van der Waals surface area contributed by atoms with Gasteiger partial charge in [-0.3, -0.25) is 9.69 Å². The summed E-state index contributed by atoms with van der Waals surface area (Å²) in [5, 5.41) is 3.55. The van der Waals surface area contributed by atoms with E-state index in [9.17, 15) is 4.79 Å². The molecular formula is C21H26ClN3O2. The van der Waals surface area contributed by atoms with Gasteiger partial charge in [0, 0.05) is 50.0 Å². The van der Waals surface area contributed by atoms with Crippen LogP contribution in [0, 0.1) is 0 Å². The molecule has 1 atom stereocenters. The minimum atomic E-state index is -0.557. The van der Waals surface area contributed by atoms with Crippen molar-refractivity contribution in [3.8, 4) is 5.75 Å². The van der Waals surface area contributed by atoms with Crippen molar-refractivity contribution in [1.29, 1.82) is 0 Å². The summed E-state index contributed by atoms with van der Waals surface area (Å²) in [6.07, 6.45) is -0.557. The topological polar surface area (TPSA) is 44.8 Å². The lowest BCUT2D eigenvalue weighted by Gasteiger charge is -2.36. The zero-order valence-electron chi connectivity index (χ0n) is 15.6. The van der Waals surface area contributed by atoms with E-state index in [-0.39, 0.29) is 5.91 Å². The number of rotatable bonds is 7. The maximum atomic E-state index is 12.2. The van der Waals surface area contributed by atoms with Crippen LogP contribution in [-0.4, -0.2) is 56.2 Å². The summed E-state index contributed by atoms with van der Waals surface area (Å²) in [6.45, 7) is 7.22. The molecule has 0 bridgehead atoms. The number of hydrogen-bond donors (Lipinski definition) is 1. The lowest BCUT2D eigenvalue weighted by molar-refractivity contribution is -0.127. The van der Waals surface area contributed by atoms with Crippen molar-refractivity contribution in [1.82, 2.24) is 10.2 Å². The number of piperazine rings is 1. The number of carbonyl (C=O) groups is 1. The summed E-state index contributed by atoms with van der Waals surface area (Å²) in [4.78, 5) is 17.0. The number of nitrogens with zero attached hydrogens (tertiary/aromatic N) is 2. The Morgan fingerprint density at radius 3 is 2.56 bits per heavy atom. The van der Waals surface area contributed by atoms with Gasteiger partial charge in [0.25, 0.3) is 5.91 Å². The van der Waals surface area contributed by atoms with Gasteiger partial charge in [0.1, 0.15) is 5.75 Å². The third kappa shape index (κ3) is 5.88. The van der Waals surface area contributed by atoms with Crippen molar-refractivity contribution in [3.05, 3.63) is 59.6 Å². The number of hydrogen-bond acceptors (Lipinski definition) is 4. The number of nitrogens with one attached hydrogen (secondary N) is 1. The first-order valence-electron chi connectivity index (χ1n) is 9.34. The fraction of sp³-hybridized carbons (Fsp3) is 0.381. The van der Waals surface area contributed by atoms with Gasteiger partial charge in [-0.15, -0.1) is 0 Å². The Morgan fingerprint density at radius 1 is 1.11 bits per heavy atom. The molecule has 3 rings (SSSR count). The standard InChI is InChI=1S/C21H26ClN3O2/c1-17(27-20-9-5-6-18(22)16-20)21(26)23-10-11-24-12-14-25(15-13-24)19-7-3-2-4-8-19/h2-9,16-17H,10-15H2,1H3,(H,23,26). The van der Waals surface area contributed by atoms with Crippen molar-refractivity contribution in [2.75, 3.05) is 44.2 Å². The van der Waals surface area contributed by atoms with E-state index in [2.05, 4.69) is 39.4 Å². The van der Waals surface area contributed by atoms with Crippen LogP contribution in [0.4, 0.5) is 5.69 Å². The van der Waals surface area contributed by atoms with E-state index in [0.29, 0.717) is 17.3 Å². The predicted molar refractivity (Wildman–Crippen MR) is 110 cm³/mol. The number of anilines is 1. The van der Waals surface area contributed by atoms with Crippen LogP contribution in [0.25, 0.3) is 0 Å². The molecule has 1 aliphatic heterocycles. The predicted octanol–water partition coefficient (Wildman–Crippen LogP) is 3.05. The summed E-state index contributed by atoms with van der Waals surface area (Å²) in [6, 6.07) is 17.6. The molecule has 1 unspecified atom stereocenters. The van der Waals surface area contributed by atoms with Crippen LogP contribution in [0.3, 0.4) is 0 Å². The van der Waals surface area contributed by atoms with E-state index in [0.717, 1.165) is 32.7 Å². The van der Waals surface area contributed by atoms with Crippen LogP contribution in [-0.2, 0) is 4.79 Å². The minimum absolute atomic E-state index is 0.113. The minimum Gasteiger partial charge on any atom is -0.481 e. The number of amides is 1. The second kappa shape index (κ2) is 9.62. The first-order chi connectivity index (χ1) is 13.1.